The monoisotopic (exact) mass is 274 g/mol. The van der Waals surface area contributed by atoms with Gasteiger partial charge < -0.3 is 5.11 Å². The maximum absolute atomic E-state index is 10.6. The largest absolute Gasteiger partial charge is 0.389 e. The summed E-state index contributed by atoms with van der Waals surface area (Å²) >= 11 is 5.87. The van der Waals surface area contributed by atoms with Gasteiger partial charge in [-0.25, -0.2) is 0 Å². The fourth-order valence-electron chi connectivity index (χ4n) is 2.32. The Bertz CT molecular complexity index is 543. The van der Waals surface area contributed by atoms with E-state index in [1.807, 2.05) is 43.3 Å². The van der Waals surface area contributed by atoms with Crippen LogP contribution in [-0.2, 0) is 12.8 Å². The van der Waals surface area contributed by atoms with E-state index in [1.54, 1.807) is 0 Å². The lowest BCUT2D eigenvalue weighted by Gasteiger charge is -2.24. The van der Waals surface area contributed by atoms with Gasteiger partial charge in [0.05, 0.1) is 5.60 Å². The Balaban J connectivity index is 2.10. The predicted molar refractivity (Wildman–Crippen MR) is 80.7 cm³/mol. The van der Waals surface area contributed by atoms with E-state index in [1.165, 1.54) is 11.1 Å². The number of halogens is 1. The van der Waals surface area contributed by atoms with Crippen LogP contribution < -0.4 is 0 Å². The molecule has 1 unspecified atom stereocenters. The molecule has 1 atom stereocenters. The lowest BCUT2D eigenvalue weighted by molar-refractivity contribution is 0.0607. The molecule has 0 saturated carbocycles. The minimum absolute atomic E-state index is 0.624. The summed E-state index contributed by atoms with van der Waals surface area (Å²) in [6.45, 7) is 3.96. The van der Waals surface area contributed by atoms with E-state index in [0.717, 1.165) is 10.6 Å². The molecule has 0 amide bonds. The number of benzene rings is 2. The highest BCUT2D eigenvalue weighted by Crippen LogP contribution is 2.21. The van der Waals surface area contributed by atoms with Crippen molar-refractivity contribution in [2.75, 3.05) is 0 Å². The average Bonchev–Trinajstić information content (AvgIpc) is 2.35. The third kappa shape index (κ3) is 4.09. The van der Waals surface area contributed by atoms with Crippen LogP contribution in [0.1, 0.15) is 23.6 Å². The molecule has 0 radical (unpaired) electrons. The van der Waals surface area contributed by atoms with Gasteiger partial charge in [0.2, 0.25) is 0 Å². The van der Waals surface area contributed by atoms with Gasteiger partial charge in [0.15, 0.2) is 0 Å². The summed E-state index contributed by atoms with van der Waals surface area (Å²) in [6.07, 6.45) is 1.28. The van der Waals surface area contributed by atoms with E-state index in [2.05, 4.69) is 19.1 Å². The normalized spacial score (nSPS) is 14.1. The van der Waals surface area contributed by atoms with E-state index in [9.17, 15) is 5.11 Å². The molecule has 1 N–H and O–H groups in total. The molecule has 0 spiro atoms. The molecule has 2 heteroatoms. The Labute approximate surface area is 119 Å². The molecular formula is C17H19ClO. The third-order valence-corrected chi connectivity index (χ3v) is 3.58. The second kappa shape index (κ2) is 5.77. The van der Waals surface area contributed by atoms with Crippen LogP contribution in [-0.4, -0.2) is 10.7 Å². The van der Waals surface area contributed by atoms with E-state index in [4.69, 9.17) is 11.6 Å². The third-order valence-electron chi connectivity index (χ3n) is 3.33. The molecule has 0 aliphatic heterocycles. The van der Waals surface area contributed by atoms with Crippen LogP contribution in [0, 0.1) is 6.92 Å². The van der Waals surface area contributed by atoms with E-state index >= 15 is 0 Å². The maximum Gasteiger partial charge on any atom is 0.0700 e. The van der Waals surface area contributed by atoms with Crippen molar-refractivity contribution in [1.82, 2.24) is 0 Å². The van der Waals surface area contributed by atoms with Crippen molar-refractivity contribution < 1.29 is 5.11 Å². The molecular weight excluding hydrogens is 256 g/mol. The van der Waals surface area contributed by atoms with Gasteiger partial charge >= 0.3 is 0 Å². The zero-order valence-electron chi connectivity index (χ0n) is 11.4. The molecule has 0 heterocycles. The van der Waals surface area contributed by atoms with Crippen molar-refractivity contribution in [2.45, 2.75) is 32.3 Å². The molecule has 2 aromatic carbocycles. The van der Waals surface area contributed by atoms with Gasteiger partial charge in [-0.05, 0) is 42.7 Å². The Hall–Kier alpha value is -1.31. The van der Waals surface area contributed by atoms with Gasteiger partial charge in [0.1, 0.15) is 0 Å². The van der Waals surface area contributed by atoms with Crippen LogP contribution in [0.2, 0.25) is 5.02 Å². The summed E-state index contributed by atoms with van der Waals surface area (Å²) in [5.41, 5.74) is 2.77. The summed E-state index contributed by atoms with van der Waals surface area (Å²) in [5, 5.41) is 11.3. The summed E-state index contributed by atoms with van der Waals surface area (Å²) < 4.78 is 0. The zero-order valence-corrected chi connectivity index (χ0v) is 12.1. The maximum atomic E-state index is 10.6. The molecule has 0 saturated heterocycles. The van der Waals surface area contributed by atoms with Crippen molar-refractivity contribution in [3.63, 3.8) is 0 Å². The van der Waals surface area contributed by atoms with Crippen LogP contribution in [0.25, 0.3) is 0 Å². The Morgan fingerprint density at radius 1 is 1.00 bits per heavy atom. The average molecular weight is 275 g/mol. The number of aliphatic hydroxyl groups is 1. The van der Waals surface area contributed by atoms with Crippen molar-refractivity contribution in [3.8, 4) is 0 Å². The summed E-state index contributed by atoms with van der Waals surface area (Å²) in [6, 6.07) is 15.8. The minimum Gasteiger partial charge on any atom is -0.389 e. The lowest BCUT2D eigenvalue weighted by atomic mass is 9.88. The highest BCUT2D eigenvalue weighted by Gasteiger charge is 2.22. The highest BCUT2D eigenvalue weighted by atomic mass is 35.5. The SMILES string of the molecule is Cc1ccccc1CC(C)(O)Cc1ccc(Cl)cc1. The van der Waals surface area contributed by atoms with E-state index in [0.29, 0.717) is 12.8 Å². The molecule has 1 nitrogen and oxygen atoms in total. The first-order valence-electron chi connectivity index (χ1n) is 6.48. The topological polar surface area (TPSA) is 20.2 Å². The van der Waals surface area contributed by atoms with Crippen LogP contribution in [0.15, 0.2) is 48.5 Å². The number of rotatable bonds is 4. The Kier molecular flexibility index (Phi) is 4.28. The highest BCUT2D eigenvalue weighted by molar-refractivity contribution is 6.30. The molecule has 2 rings (SSSR count). The van der Waals surface area contributed by atoms with Gasteiger partial charge in [-0.2, -0.15) is 0 Å². The van der Waals surface area contributed by atoms with Crippen molar-refractivity contribution >= 4 is 11.6 Å². The van der Waals surface area contributed by atoms with Gasteiger partial charge in [-0.3, -0.25) is 0 Å². The van der Waals surface area contributed by atoms with Crippen LogP contribution in [0.4, 0.5) is 0 Å². The van der Waals surface area contributed by atoms with Crippen LogP contribution in [0.5, 0.6) is 0 Å². The summed E-state index contributed by atoms with van der Waals surface area (Å²) in [4.78, 5) is 0. The van der Waals surface area contributed by atoms with Crippen molar-refractivity contribution in [1.29, 1.82) is 0 Å². The molecule has 2 aromatic rings. The molecule has 0 fully saturated rings. The number of hydrogen-bond acceptors (Lipinski definition) is 1. The van der Waals surface area contributed by atoms with E-state index < -0.39 is 5.60 Å². The van der Waals surface area contributed by atoms with Crippen molar-refractivity contribution in [3.05, 3.63) is 70.2 Å². The van der Waals surface area contributed by atoms with Crippen molar-refractivity contribution in [2.24, 2.45) is 0 Å². The second-order valence-corrected chi connectivity index (χ2v) is 5.84. The number of hydrogen-bond donors (Lipinski definition) is 1. The quantitative estimate of drug-likeness (QED) is 0.887. The standard InChI is InChI=1S/C17H19ClO/c1-13-5-3-4-6-15(13)12-17(2,19)11-14-7-9-16(18)10-8-14/h3-10,19H,11-12H2,1-2H3. The molecule has 0 aliphatic carbocycles. The Morgan fingerprint density at radius 3 is 2.26 bits per heavy atom. The summed E-state index contributed by atoms with van der Waals surface area (Å²) in [7, 11) is 0. The van der Waals surface area contributed by atoms with Gasteiger partial charge in [0.25, 0.3) is 0 Å². The second-order valence-electron chi connectivity index (χ2n) is 5.40. The first kappa shape index (κ1) is 14.1. The number of aryl methyl sites for hydroxylation is 1. The zero-order chi connectivity index (χ0) is 13.9. The van der Waals surface area contributed by atoms with Crippen LogP contribution in [0.3, 0.4) is 0 Å². The first-order valence-corrected chi connectivity index (χ1v) is 6.85. The molecule has 0 aromatic heterocycles. The fraction of sp³-hybridized carbons (Fsp3) is 0.294. The molecule has 100 valence electrons. The smallest absolute Gasteiger partial charge is 0.0700 e. The Morgan fingerprint density at radius 2 is 1.63 bits per heavy atom. The van der Waals surface area contributed by atoms with Gasteiger partial charge in [0, 0.05) is 17.9 Å². The fourth-order valence-corrected chi connectivity index (χ4v) is 2.45. The first-order chi connectivity index (χ1) is 8.96. The lowest BCUT2D eigenvalue weighted by Crippen LogP contribution is -2.30. The summed E-state index contributed by atoms with van der Waals surface area (Å²) in [5.74, 6) is 0. The molecule has 0 aliphatic rings. The van der Waals surface area contributed by atoms with Gasteiger partial charge in [-0.1, -0.05) is 48.0 Å². The van der Waals surface area contributed by atoms with Crippen LogP contribution >= 0.6 is 11.6 Å². The van der Waals surface area contributed by atoms with E-state index in [-0.39, 0.29) is 0 Å². The van der Waals surface area contributed by atoms with Gasteiger partial charge in [-0.15, -0.1) is 0 Å². The molecule has 0 bridgehead atoms. The minimum atomic E-state index is -0.750. The molecule has 19 heavy (non-hydrogen) atoms. The predicted octanol–water partition coefficient (Wildman–Crippen LogP) is 4.18.